The topological polar surface area (TPSA) is 26.3 Å². The van der Waals surface area contributed by atoms with Gasteiger partial charge in [-0.05, 0) is 5.92 Å². The van der Waals surface area contributed by atoms with Crippen LogP contribution in [0.5, 0.6) is 0 Å². The standard InChI is InChI=1S/C9H16O2/c1-4-6(2)8-5-11-9(10)7(8)3/h6-8H,4-5H2,1-3H3/t6?,7-,8+/m0/s1. The summed E-state index contributed by atoms with van der Waals surface area (Å²) in [6, 6.07) is 0. The van der Waals surface area contributed by atoms with Crippen LogP contribution in [0.2, 0.25) is 0 Å². The molecule has 1 rings (SSSR count). The van der Waals surface area contributed by atoms with Gasteiger partial charge < -0.3 is 4.74 Å². The molecule has 64 valence electrons. The molecule has 0 radical (unpaired) electrons. The lowest BCUT2D eigenvalue weighted by Gasteiger charge is -2.17. The van der Waals surface area contributed by atoms with Crippen LogP contribution in [0.25, 0.3) is 0 Å². The van der Waals surface area contributed by atoms with Crippen molar-refractivity contribution < 1.29 is 9.53 Å². The lowest BCUT2D eigenvalue weighted by molar-refractivity contribution is -0.140. The third kappa shape index (κ3) is 1.55. The fourth-order valence-corrected chi connectivity index (χ4v) is 1.59. The molecule has 1 aliphatic rings. The van der Waals surface area contributed by atoms with Crippen molar-refractivity contribution in [3.63, 3.8) is 0 Å². The summed E-state index contributed by atoms with van der Waals surface area (Å²) < 4.78 is 4.96. The third-order valence-electron chi connectivity index (χ3n) is 2.81. The molecule has 1 heterocycles. The van der Waals surface area contributed by atoms with Gasteiger partial charge in [0.25, 0.3) is 0 Å². The molecule has 1 aliphatic heterocycles. The highest BCUT2D eigenvalue weighted by atomic mass is 16.5. The van der Waals surface area contributed by atoms with Gasteiger partial charge in [0.15, 0.2) is 0 Å². The van der Waals surface area contributed by atoms with Gasteiger partial charge in [-0.3, -0.25) is 4.79 Å². The minimum Gasteiger partial charge on any atom is -0.465 e. The molecule has 2 nitrogen and oxygen atoms in total. The molecule has 1 fully saturated rings. The van der Waals surface area contributed by atoms with Crippen molar-refractivity contribution in [2.75, 3.05) is 6.61 Å². The van der Waals surface area contributed by atoms with E-state index in [0.29, 0.717) is 18.4 Å². The van der Waals surface area contributed by atoms with E-state index in [9.17, 15) is 4.79 Å². The number of hydrogen-bond donors (Lipinski definition) is 0. The number of cyclic esters (lactones) is 1. The van der Waals surface area contributed by atoms with Crippen LogP contribution in [-0.4, -0.2) is 12.6 Å². The lowest BCUT2D eigenvalue weighted by atomic mass is 9.84. The zero-order valence-electron chi connectivity index (χ0n) is 7.46. The Morgan fingerprint density at radius 1 is 1.73 bits per heavy atom. The largest absolute Gasteiger partial charge is 0.465 e. The van der Waals surface area contributed by atoms with E-state index in [1.54, 1.807) is 0 Å². The second-order valence-corrected chi connectivity index (χ2v) is 3.47. The van der Waals surface area contributed by atoms with Gasteiger partial charge in [0.05, 0.1) is 12.5 Å². The summed E-state index contributed by atoms with van der Waals surface area (Å²) in [7, 11) is 0. The van der Waals surface area contributed by atoms with E-state index < -0.39 is 0 Å². The predicted molar refractivity (Wildman–Crippen MR) is 43.1 cm³/mol. The first-order chi connectivity index (χ1) is 5.16. The Morgan fingerprint density at radius 2 is 2.36 bits per heavy atom. The average molecular weight is 156 g/mol. The van der Waals surface area contributed by atoms with Gasteiger partial charge in [0.1, 0.15) is 0 Å². The van der Waals surface area contributed by atoms with Crippen LogP contribution in [0, 0.1) is 17.8 Å². The Kier molecular flexibility index (Phi) is 2.53. The molecule has 0 spiro atoms. The maximum absolute atomic E-state index is 11.0. The Morgan fingerprint density at radius 3 is 2.73 bits per heavy atom. The minimum atomic E-state index is -0.0182. The summed E-state index contributed by atoms with van der Waals surface area (Å²) in [6.45, 7) is 6.93. The van der Waals surface area contributed by atoms with E-state index in [0.717, 1.165) is 6.42 Å². The van der Waals surface area contributed by atoms with E-state index in [4.69, 9.17) is 4.74 Å². The highest BCUT2D eigenvalue weighted by Crippen LogP contribution is 2.29. The van der Waals surface area contributed by atoms with Crippen LogP contribution >= 0.6 is 0 Å². The highest BCUT2D eigenvalue weighted by Gasteiger charge is 2.35. The van der Waals surface area contributed by atoms with Gasteiger partial charge >= 0.3 is 5.97 Å². The Balaban J connectivity index is 2.54. The monoisotopic (exact) mass is 156 g/mol. The maximum Gasteiger partial charge on any atom is 0.309 e. The number of rotatable bonds is 2. The molecule has 0 aromatic heterocycles. The molecule has 3 atom stereocenters. The molecular formula is C9H16O2. The van der Waals surface area contributed by atoms with Gasteiger partial charge in [-0.15, -0.1) is 0 Å². The van der Waals surface area contributed by atoms with Gasteiger partial charge in [-0.2, -0.15) is 0 Å². The van der Waals surface area contributed by atoms with Crippen molar-refractivity contribution in [1.82, 2.24) is 0 Å². The Labute approximate surface area is 67.9 Å². The fourth-order valence-electron chi connectivity index (χ4n) is 1.59. The zero-order chi connectivity index (χ0) is 8.43. The van der Waals surface area contributed by atoms with Gasteiger partial charge in [-0.1, -0.05) is 27.2 Å². The van der Waals surface area contributed by atoms with Crippen LogP contribution in [-0.2, 0) is 9.53 Å². The third-order valence-corrected chi connectivity index (χ3v) is 2.81. The SMILES string of the molecule is CCC(C)[C@H]1COC(=O)[C@H]1C. The quantitative estimate of drug-likeness (QED) is 0.570. The first-order valence-electron chi connectivity index (χ1n) is 4.33. The first kappa shape index (κ1) is 8.57. The second-order valence-electron chi connectivity index (χ2n) is 3.47. The molecule has 0 saturated carbocycles. The second kappa shape index (κ2) is 3.24. The summed E-state index contributed by atoms with van der Waals surface area (Å²) in [5, 5.41) is 0. The van der Waals surface area contributed by atoms with Crippen LogP contribution < -0.4 is 0 Å². The van der Waals surface area contributed by atoms with E-state index in [1.807, 2.05) is 6.92 Å². The Bertz CT molecular complexity index is 154. The predicted octanol–water partition coefficient (Wildman–Crippen LogP) is 1.84. The van der Waals surface area contributed by atoms with Crippen molar-refractivity contribution in [3.8, 4) is 0 Å². The summed E-state index contributed by atoms with van der Waals surface area (Å²) in [4.78, 5) is 11.0. The van der Waals surface area contributed by atoms with Crippen molar-refractivity contribution in [2.45, 2.75) is 27.2 Å². The van der Waals surface area contributed by atoms with Crippen molar-refractivity contribution in [3.05, 3.63) is 0 Å². The minimum absolute atomic E-state index is 0.0182. The van der Waals surface area contributed by atoms with Gasteiger partial charge in [0, 0.05) is 5.92 Å². The van der Waals surface area contributed by atoms with Crippen molar-refractivity contribution >= 4 is 5.97 Å². The van der Waals surface area contributed by atoms with Gasteiger partial charge in [0.2, 0.25) is 0 Å². The van der Waals surface area contributed by atoms with Gasteiger partial charge in [-0.25, -0.2) is 0 Å². The van der Waals surface area contributed by atoms with Crippen LogP contribution in [0.15, 0.2) is 0 Å². The summed E-state index contributed by atoms with van der Waals surface area (Å²) in [5.74, 6) is 1.16. The number of ether oxygens (including phenoxy) is 1. The molecule has 1 unspecified atom stereocenters. The highest BCUT2D eigenvalue weighted by molar-refractivity contribution is 5.74. The van der Waals surface area contributed by atoms with E-state index in [1.165, 1.54) is 0 Å². The van der Waals surface area contributed by atoms with Crippen molar-refractivity contribution in [2.24, 2.45) is 17.8 Å². The van der Waals surface area contributed by atoms with Crippen LogP contribution in [0.3, 0.4) is 0 Å². The average Bonchev–Trinajstić information content (AvgIpc) is 2.32. The molecule has 0 N–H and O–H groups in total. The Hall–Kier alpha value is -0.530. The van der Waals surface area contributed by atoms with E-state index in [2.05, 4.69) is 13.8 Å². The molecule has 0 aromatic rings. The van der Waals surface area contributed by atoms with E-state index >= 15 is 0 Å². The number of esters is 1. The molecule has 0 aromatic carbocycles. The number of carbonyl (C=O) groups excluding carboxylic acids is 1. The maximum atomic E-state index is 11.0. The molecule has 0 amide bonds. The van der Waals surface area contributed by atoms with E-state index in [-0.39, 0.29) is 11.9 Å². The summed E-state index contributed by atoms with van der Waals surface area (Å²) in [6.07, 6.45) is 1.13. The number of hydrogen-bond acceptors (Lipinski definition) is 2. The first-order valence-corrected chi connectivity index (χ1v) is 4.33. The van der Waals surface area contributed by atoms with Crippen LogP contribution in [0.1, 0.15) is 27.2 Å². The normalized spacial score (nSPS) is 33.5. The fraction of sp³-hybridized carbons (Fsp3) is 0.889. The molecule has 1 saturated heterocycles. The molecular weight excluding hydrogens is 140 g/mol. The smallest absolute Gasteiger partial charge is 0.309 e. The zero-order valence-corrected chi connectivity index (χ0v) is 7.46. The van der Waals surface area contributed by atoms with Crippen molar-refractivity contribution in [1.29, 1.82) is 0 Å². The lowest BCUT2D eigenvalue weighted by Crippen LogP contribution is -2.18. The molecule has 11 heavy (non-hydrogen) atoms. The van der Waals surface area contributed by atoms with Crippen LogP contribution in [0.4, 0.5) is 0 Å². The molecule has 0 aliphatic carbocycles. The number of carbonyl (C=O) groups is 1. The molecule has 0 bridgehead atoms. The summed E-state index contributed by atoms with van der Waals surface area (Å²) in [5.41, 5.74) is 0. The summed E-state index contributed by atoms with van der Waals surface area (Å²) >= 11 is 0. The molecule has 2 heteroatoms.